The predicted octanol–water partition coefficient (Wildman–Crippen LogP) is 1.72. The first-order valence-electron chi connectivity index (χ1n) is 7.47. The van der Waals surface area contributed by atoms with Crippen LogP contribution in [0, 0.1) is 0 Å². The van der Waals surface area contributed by atoms with Gasteiger partial charge in [-0.2, -0.15) is 0 Å². The molecule has 0 amide bonds. The van der Waals surface area contributed by atoms with Crippen molar-refractivity contribution < 1.29 is 4.74 Å². The minimum atomic E-state index is 0.0876. The van der Waals surface area contributed by atoms with Gasteiger partial charge in [-0.05, 0) is 45.1 Å². The molecule has 112 valence electrons. The lowest BCUT2D eigenvalue weighted by atomic mass is 9.98. The summed E-state index contributed by atoms with van der Waals surface area (Å²) in [6.45, 7) is 6.06. The Balaban J connectivity index is 1.94. The van der Waals surface area contributed by atoms with E-state index in [0.29, 0.717) is 12.6 Å². The molecule has 1 aromatic rings. The van der Waals surface area contributed by atoms with Crippen LogP contribution in [0.2, 0.25) is 0 Å². The number of nitrogens with two attached hydrogens (primary N) is 1. The summed E-state index contributed by atoms with van der Waals surface area (Å²) in [5.74, 6) is 0.915. The van der Waals surface area contributed by atoms with Gasteiger partial charge in [-0.15, -0.1) is 0 Å². The van der Waals surface area contributed by atoms with Gasteiger partial charge in [0.25, 0.3) is 0 Å². The normalized spacial score (nSPS) is 22.7. The van der Waals surface area contributed by atoms with Crippen LogP contribution in [-0.4, -0.2) is 56.2 Å². The van der Waals surface area contributed by atoms with Gasteiger partial charge in [0, 0.05) is 31.7 Å². The smallest absolute Gasteiger partial charge is 0.119 e. The van der Waals surface area contributed by atoms with Gasteiger partial charge >= 0.3 is 0 Å². The minimum absolute atomic E-state index is 0.0876. The quantitative estimate of drug-likeness (QED) is 0.890. The molecule has 1 heterocycles. The molecule has 2 unspecified atom stereocenters. The van der Waals surface area contributed by atoms with Gasteiger partial charge in [0.1, 0.15) is 5.75 Å². The maximum Gasteiger partial charge on any atom is 0.119 e. The van der Waals surface area contributed by atoms with Crippen molar-refractivity contribution in [3.05, 3.63) is 29.8 Å². The van der Waals surface area contributed by atoms with E-state index in [0.717, 1.165) is 31.8 Å². The molecule has 2 rings (SSSR count). The molecule has 2 N–H and O–H groups in total. The fourth-order valence-corrected chi connectivity index (χ4v) is 2.76. The summed E-state index contributed by atoms with van der Waals surface area (Å²) in [5.41, 5.74) is 7.56. The van der Waals surface area contributed by atoms with E-state index in [1.165, 1.54) is 5.56 Å². The highest BCUT2D eigenvalue weighted by Gasteiger charge is 2.24. The van der Waals surface area contributed by atoms with Gasteiger partial charge in [0.2, 0.25) is 0 Å². The topological polar surface area (TPSA) is 41.7 Å². The molecule has 1 fully saturated rings. The van der Waals surface area contributed by atoms with Crippen molar-refractivity contribution in [2.45, 2.75) is 25.4 Å². The third-order valence-corrected chi connectivity index (χ3v) is 4.13. The molecule has 1 aliphatic heterocycles. The van der Waals surface area contributed by atoms with Crippen LogP contribution in [0.5, 0.6) is 5.75 Å². The Morgan fingerprint density at radius 1 is 1.25 bits per heavy atom. The second-order valence-electron chi connectivity index (χ2n) is 5.74. The van der Waals surface area contributed by atoms with Crippen LogP contribution < -0.4 is 10.5 Å². The zero-order valence-corrected chi connectivity index (χ0v) is 12.9. The molecule has 0 saturated carbocycles. The van der Waals surface area contributed by atoms with E-state index in [9.17, 15) is 0 Å². The first kappa shape index (κ1) is 15.3. The van der Waals surface area contributed by atoms with E-state index in [-0.39, 0.29) is 6.04 Å². The highest BCUT2D eigenvalue weighted by Crippen LogP contribution is 2.22. The van der Waals surface area contributed by atoms with E-state index in [1.807, 2.05) is 19.1 Å². The van der Waals surface area contributed by atoms with E-state index in [4.69, 9.17) is 10.5 Å². The van der Waals surface area contributed by atoms with Gasteiger partial charge in [-0.1, -0.05) is 12.1 Å². The first-order valence-corrected chi connectivity index (χ1v) is 7.47. The lowest BCUT2D eigenvalue weighted by Gasteiger charge is -2.38. The monoisotopic (exact) mass is 277 g/mol. The first-order chi connectivity index (χ1) is 9.60. The number of hydrogen-bond acceptors (Lipinski definition) is 4. The standard InChI is InChI=1S/C16H27N3O/c1-4-20-15-7-5-13(6-8-15)16(17)11-14-12-18(2)9-10-19(14)3/h5-8,14,16H,4,9-12,17H2,1-3H3. The van der Waals surface area contributed by atoms with E-state index in [2.05, 4.69) is 36.0 Å². The van der Waals surface area contributed by atoms with Gasteiger partial charge in [0.05, 0.1) is 6.61 Å². The second-order valence-corrected chi connectivity index (χ2v) is 5.74. The molecular weight excluding hydrogens is 250 g/mol. The molecule has 0 aromatic heterocycles. The molecule has 1 aromatic carbocycles. The maximum atomic E-state index is 6.37. The highest BCUT2D eigenvalue weighted by atomic mass is 16.5. The van der Waals surface area contributed by atoms with Gasteiger partial charge in [0.15, 0.2) is 0 Å². The Morgan fingerprint density at radius 2 is 1.95 bits per heavy atom. The van der Waals surface area contributed by atoms with Crippen molar-refractivity contribution in [3.8, 4) is 5.75 Å². The average molecular weight is 277 g/mol. The number of benzene rings is 1. The summed E-state index contributed by atoms with van der Waals surface area (Å²) in [7, 11) is 4.38. The Hall–Kier alpha value is -1.10. The van der Waals surface area contributed by atoms with Gasteiger partial charge < -0.3 is 20.3 Å². The summed E-state index contributed by atoms with van der Waals surface area (Å²) in [4.78, 5) is 4.81. The number of hydrogen-bond donors (Lipinski definition) is 1. The SMILES string of the molecule is CCOc1ccc(C(N)CC2CN(C)CCN2C)cc1. The van der Waals surface area contributed by atoms with Crippen molar-refractivity contribution in [3.63, 3.8) is 0 Å². The Morgan fingerprint density at radius 3 is 2.60 bits per heavy atom. The van der Waals surface area contributed by atoms with Crippen LogP contribution in [0.15, 0.2) is 24.3 Å². The molecule has 0 aliphatic carbocycles. The summed E-state index contributed by atoms with van der Waals surface area (Å²) >= 11 is 0. The number of likely N-dealkylation sites (N-methyl/N-ethyl adjacent to an activating group) is 2. The molecule has 0 bridgehead atoms. The molecule has 20 heavy (non-hydrogen) atoms. The number of piperazine rings is 1. The number of rotatable bonds is 5. The maximum absolute atomic E-state index is 6.37. The highest BCUT2D eigenvalue weighted by molar-refractivity contribution is 5.29. The van der Waals surface area contributed by atoms with Crippen LogP contribution in [0.3, 0.4) is 0 Å². The number of nitrogens with zero attached hydrogens (tertiary/aromatic N) is 2. The molecule has 1 saturated heterocycles. The lowest BCUT2D eigenvalue weighted by molar-refractivity contribution is 0.104. The van der Waals surface area contributed by atoms with Crippen LogP contribution in [0.4, 0.5) is 0 Å². The van der Waals surface area contributed by atoms with Crippen molar-refractivity contribution >= 4 is 0 Å². The van der Waals surface area contributed by atoms with Crippen molar-refractivity contribution in [1.29, 1.82) is 0 Å². The summed E-state index contributed by atoms with van der Waals surface area (Å²) in [6, 6.07) is 8.81. The largest absolute Gasteiger partial charge is 0.494 e. The van der Waals surface area contributed by atoms with Crippen LogP contribution >= 0.6 is 0 Å². The van der Waals surface area contributed by atoms with E-state index in [1.54, 1.807) is 0 Å². The lowest BCUT2D eigenvalue weighted by Crippen LogP contribution is -2.50. The summed E-state index contributed by atoms with van der Waals surface area (Å²) in [6.07, 6.45) is 0.995. The Kier molecular flexibility index (Phi) is 5.40. The molecule has 4 nitrogen and oxygen atoms in total. The summed E-state index contributed by atoms with van der Waals surface area (Å²) < 4.78 is 5.47. The average Bonchev–Trinajstić information content (AvgIpc) is 2.44. The Bertz CT molecular complexity index is 407. The van der Waals surface area contributed by atoms with E-state index < -0.39 is 0 Å². The van der Waals surface area contributed by atoms with Gasteiger partial charge in [-0.3, -0.25) is 0 Å². The van der Waals surface area contributed by atoms with Crippen molar-refractivity contribution in [2.24, 2.45) is 5.73 Å². The fraction of sp³-hybridized carbons (Fsp3) is 0.625. The zero-order valence-electron chi connectivity index (χ0n) is 12.9. The van der Waals surface area contributed by atoms with E-state index >= 15 is 0 Å². The van der Waals surface area contributed by atoms with Crippen LogP contribution in [0.25, 0.3) is 0 Å². The third-order valence-electron chi connectivity index (χ3n) is 4.13. The van der Waals surface area contributed by atoms with Gasteiger partial charge in [-0.25, -0.2) is 0 Å². The third kappa shape index (κ3) is 3.95. The number of ether oxygens (including phenoxy) is 1. The molecule has 0 spiro atoms. The zero-order chi connectivity index (χ0) is 14.5. The molecular formula is C16H27N3O. The van der Waals surface area contributed by atoms with Crippen LogP contribution in [-0.2, 0) is 0 Å². The molecule has 0 radical (unpaired) electrons. The van der Waals surface area contributed by atoms with Crippen molar-refractivity contribution in [1.82, 2.24) is 9.80 Å². The second kappa shape index (κ2) is 7.07. The molecule has 2 atom stereocenters. The van der Waals surface area contributed by atoms with Crippen LogP contribution in [0.1, 0.15) is 24.9 Å². The minimum Gasteiger partial charge on any atom is -0.494 e. The molecule has 4 heteroatoms. The predicted molar refractivity (Wildman–Crippen MR) is 83.1 cm³/mol. The fourth-order valence-electron chi connectivity index (χ4n) is 2.76. The molecule has 1 aliphatic rings. The van der Waals surface area contributed by atoms with Crippen molar-refractivity contribution in [2.75, 3.05) is 40.3 Å². The summed E-state index contributed by atoms with van der Waals surface area (Å²) in [5, 5.41) is 0. The Labute approximate surface area is 122 Å².